The summed E-state index contributed by atoms with van der Waals surface area (Å²) < 4.78 is 7.59. The quantitative estimate of drug-likeness (QED) is 0.549. The Morgan fingerprint density at radius 1 is 1.08 bits per heavy atom. The molecule has 0 aliphatic carbocycles. The Hall–Kier alpha value is -3.96. The summed E-state index contributed by atoms with van der Waals surface area (Å²) in [6, 6.07) is 7.36. The van der Waals surface area contributed by atoms with Gasteiger partial charge >= 0.3 is 6.03 Å². The van der Waals surface area contributed by atoms with E-state index >= 15 is 0 Å². The predicted octanol–water partition coefficient (Wildman–Crippen LogP) is 0.123. The molecule has 4 bridgehead atoms. The lowest BCUT2D eigenvalue weighted by Gasteiger charge is -2.40. The van der Waals surface area contributed by atoms with Crippen LogP contribution in [-0.2, 0) is 33.8 Å². The van der Waals surface area contributed by atoms with Crippen LogP contribution in [-0.4, -0.2) is 87.9 Å². The Morgan fingerprint density at radius 3 is 2.59 bits per heavy atom. The van der Waals surface area contributed by atoms with Crippen molar-refractivity contribution in [2.45, 2.75) is 38.6 Å². The van der Waals surface area contributed by atoms with Gasteiger partial charge in [-0.15, -0.1) is 5.10 Å². The third kappa shape index (κ3) is 5.73. The van der Waals surface area contributed by atoms with Crippen LogP contribution in [0.5, 0.6) is 5.75 Å². The van der Waals surface area contributed by atoms with Crippen molar-refractivity contribution in [3.63, 3.8) is 0 Å². The lowest BCUT2D eigenvalue weighted by atomic mass is 9.74. The van der Waals surface area contributed by atoms with Crippen molar-refractivity contribution in [3.05, 3.63) is 41.7 Å². The molecule has 5 amide bonds. The van der Waals surface area contributed by atoms with E-state index < -0.39 is 17.4 Å². The molecule has 5 heterocycles. The number of imide groups is 1. The van der Waals surface area contributed by atoms with Crippen LogP contribution in [0.3, 0.4) is 0 Å². The molecule has 0 atom stereocenters. The first kappa shape index (κ1) is 24.7. The highest BCUT2D eigenvalue weighted by Gasteiger charge is 2.43. The summed E-state index contributed by atoms with van der Waals surface area (Å²) in [5.41, 5.74) is 1.12. The Morgan fingerprint density at radius 2 is 1.86 bits per heavy atom. The molecule has 6 rings (SSSR count). The van der Waals surface area contributed by atoms with Gasteiger partial charge in [-0.3, -0.25) is 24.4 Å². The average molecular weight is 510 g/mol. The summed E-state index contributed by atoms with van der Waals surface area (Å²) in [6.45, 7) is 2.19. The molecule has 4 aliphatic rings. The highest BCUT2D eigenvalue weighted by atomic mass is 16.5. The molecule has 2 saturated heterocycles. The Bertz CT molecular complexity index is 1170. The third-order valence-electron chi connectivity index (χ3n) is 7.28. The molecule has 12 heteroatoms. The van der Waals surface area contributed by atoms with Crippen molar-refractivity contribution in [2.24, 2.45) is 5.41 Å². The molecule has 0 unspecified atom stereocenters. The first-order valence-corrected chi connectivity index (χ1v) is 12.7. The molecule has 196 valence electrons. The van der Waals surface area contributed by atoms with Gasteiger partial charge in [-0.25, -0.2) is 4.79 Å². The topological polar surface area (TPSA) is 139 Å². The van der Waals surface area contributed by atoms with Gasteiger partial charge in [0.05, 0.1) is 17.7 Å². The zero-order valence-corrected chi connectivity index (χ0v) is 20.6. The van der Waals surface area contributed by atoms with E-state index in [1.54, 1.807) is 9.58 Å². The van der Waals surface area contributed by atoms with E-state index in [1.165, 1.54) is 4.90 Å². The van der Waals surface area contributed by atoms with Gasteiger partial charge in [-0.05, 0) is 37.0 Å². The van der Waals surface area contributed by atoms with Crippen LogP contribution < -0.4 is 15.4 Å². The van der Waals surface area contributed by atoms with Crippen LogP contribution in [0, 0.1) is 5.41 Å². The number of nitrogens with zero attached hydrogens (tertiary/aromatic N) is 5. The van der Waals surface area contributed by atoms with Crippen LogP contribution in [0.4, 0.5) is 4.79 Å². The number of likely N-dealkylation sites (tertiary alicyclic amines) is 1. The minimum absolute atomic E-state index is 0.0528. The minimum atomic E-state index is -0.723. The lowest BCUT2D eigenvalue weighted by Crippen LogP contribution is -2.53. The summed E-state index contributed by atoms with van der Waals surface area (Å²) >= 11 is 0. The lowest BCUT2D eigenvalue weighted by molar-refractivity contribution is -0.141. The standard InChI is InChI=1S/C25H31N7O5/c33-21-16-31(24(36)27-21)17-22(34)30-11-7-25(8-12-30)14-19-15-32(29-28-19)10-1-13-37-20-4-2-18(3-5-20)6-9-26-23(25)35/h2-5,15H,1,6-14,16-17H2,(H,26,35)(H,27,33,36). The second kappa shape index (κ2) is 10.6. The van der Waals surface area contributed by atoms with Crippen molar-refractivity contribution in [2.75, 3.05) is 39.3 Å². The van der Waals surface area contributed by atoms with E-state index in [9.17, 15) is 19.2 Å². The zero-order chi connectivity index (χ0) is 25.8. The Labute approximate surface area is 214 Å². The fourth-order valence-electron chi connectivity index (χ4n) is 5.09. The van der Waals surface area contributed by atoms with E-state index in [0.717, 1.165) is 23.4 Å². The number of benzene rings is 1. The molecule has 2 aromatic rings. The predicted molar refractivity (Wildman–Crippen MR) is 130 cm³/mol. The molecule has 2 fully saturated rings. The maximum absolute atomic E-state index is 13.6. The highest BCUT2D eigenvalue weighted by molar-refractivity contribution is 6.03. The van der Waals surface area contributed by atoms with Gasteiger partial charge in [0, 0.05) is 45.2 Å². The monoisotopic (exact) mass is 509 g/mol. The van der Waals surface area contributed by atoms with Crippen molar-refractivity contribution in [1.29, 1.82) is 0 Å². The van der Waals surface area contributed by atoms with Crippen LogP contribution in [0.25, 0.3) is 0 Å². The average Bonchev–Trinajstić information content (AvgIpc) is 3.46. The number of carbonyl (C=O) groups excluding carboxylic acids is 4. The summed E-state index contributed by atoms with van der Waals surface area (Å²) in [5.74, 6) is 0.114. The van der Waals surface area contributed by atoms with E-state index in [2.05, 4.69) is 20.9 Å². The molecule has 4 aliphatic heterocycles. The van der Waals surface area contributed by atoms with E-state index in [1.807, 2.05) is 30.5 Å². The number of amides is 5. The van der Waals surface area contributed by atoms with Gasteiger partial charge in [-0.1, -0.05) is 17.3 Å². The molecular formula is C25H31N7O5. The number of piperidine rings is 1. The SMILES string of the molecule is O=C1CN(CC(=O)N2CCC3(CC2)Cc2cn(nn2)CCCOc2ccc(cc2)CCNC3=O)C(=O)N1. The van der Waals surface area contributed by atoms with Crippen LogP contribution in [0.1, 0.15) is 30.5 Å². The number of fused-ring (bicyclic) bond motifs is 8. The number of rotatable bonds is 2. The largest absolute Gasteiger partial charge is 0.494 e. The van der Waals surface area contributed by atoms with Gasteiger partial charge in [0.25, 0.3) is 0 Å². The fraction of sp³-hybridized carbons (Fsp3) is 0.520. The van der Waals surface area contributed by atoms with E-state index in [-0.39, 0.29) is 24.9 Å². The normalized spacial score (nSPS) is 20.4. The minimum Gasteiger partial charge on any atom is -0.494 e. The van der Waals surface area contributed by atoms with Crippen molar-refractivity contribution in [1.82, 2.24) is 35.4 Å². The molecular weight excluding hydrogens is 478 g/mol. The number of hydrogen-bond donors (Lipinski definition) is 2. The summed E-state index contributed by atoms with van der Waals surface area (Å²) in [5, 5.41) is 13.8. The number of urea groups is 1. The summed E-state index contributed by atoms with van der Waals surface area (Å²) in [6.07, 6.45) is 4.69. The third-order valence-corrected chi connectivity index (χ3v) is 7.28. The Kier molecular flexibility index (Phi) is 7.06. The second-order valence-corrected chi connectivity index (χ2v) is 9.87. The molecule has 1 spiro atoms. The van der Waals surface area contributed by atoms with Gasteiger partial charge in [0.2, 0.25) is 17.7 Å². The van der Waals surface area contributed by atoms with Gasteiger partial charge in [0.15, 0.2) is 0 Å². The number of hydrogen-bond acceptors (Lipinski definition) is 7. The maximum atomic E-state index is 13.6. The van der Waals surface area contributed by atoms with Crippen LogP contribution >= 0.6 is 0 Å². The molecule has 2 N–H and O–H groups in total. The van der Waals surface area contributed by atoms with Crippen molar-refractivity contribution >= 4 is 23.8 Å². The molecule has 0 radical (unpaired) electrons. The number of carbonyl (C=O) groups is 4. The van der Waals surface area contributed by atoms with Crippen molar-refractivity contribution in [3.8, 4) is 5.75 Å². The number of aryl methyl sites for hydroxylation is 1. The van der Waals surface area contributed by atoms with Gasteiger partial charge in [-0.2, -0.15) is 0 Å². The molecule has 12 nitrogen and oxygen atoms in total. The zero-order valence-electron chi connectivity index (χ0n) is 20.6. The van der Waals surface area contributed by atoms with E-state index in [4.69, 9.17) is 4.74 Å². The van der Waals surface area contributed by atoms with Crippen LogP contribution in [0.2, 0.25) is 0 Å². The maximum Gasteiger partial charge on any atom is 0.325 e. The second-order valence-electron chi connectivity index (χ2n) is 9.87. The first-order chi connectivity index (χ1) is 17.9. The summed E-state index contributed by atoms with van der Waals surface area (Å²) in [7, 11) is 0. The highest BCUT2D eigenvalue weighted by Crippen LogP contribution is 2.35. The number of ether oxygens (including phenoxy) is 1. The smallest absolute Gasteiger partial charge is 0.325 e. The molecule has 1 aromatic heterocycles. The first-order valence-electron chi connectivity index (χ1n) is 12.7. The fourth-order valence-corrected chi connectivity index (χ4v) is 5.09. The molecule has 37 heavy (non-hydrogen) atoms. The summed E-state index contributed by atoms with van der Waals surface area (Å²) in [4.78, 5) is 52.5. The molecule has 0 saturated carbocycles. The number of aromatic nitrogens is 3. The van der Waals surface area contributed by atoms with Crippen LogP contribution in [0.15, 0.2) is 30.5 Å². The number of nitrogens with one attached hydrogen (secondary N) is 2. The van der Waals surface area contributed by atoms with Crippen molar-refractivity contribution < 1.29 is 23.9 Å². The van der Waals surface area contributed by atoms with E-state index in [0.29, 0.717) is 58.5 Å². The van der Waals surface area contributed by atoms with Gasteiger partial charge in [0.1, 0.15) is 18.8 Å². The Balaban J connectivity index is 1.28. The molecule has 1 aromatic carbocycles. The van der Waals surface area contributed by atoms with Gasteiger partial charge < -0.3 is 19.9 Å².